The fraction of sp³-hybridized carbons (Fsp3) is 0. The van der Waals surface area contributed by atoms with E-state index in [1.165, 1.54) is 71.6 Å². The highest BCUT2D eigenvalue weighted by Crippen LogP contribution is 2.40. The van der Waals surface area contributed by atoms with Gasteiger partial charge in [0.05, 0.1) is 27.8 Å². The third-order valence-electron chi connectivity index (χ3n) is 8.88. The standard InChI is InChI=1S/C42H28N2/c1-3-14-29(15-4-1)31-26-32(30-16-5-2-6-17-30)28-33(27-31)43-38-22-10-9-20-36(38)37-21-13-25-41(42(37)43)44-39-23-11-7-18-34(39)35-19-8-12-24-40(35)44/h1-28H. The first kappa shape index (κ1) is 24.7. The highest BCUT2D eigenvalue weighted by Gasteiger charge is 2.20. The Balaban J connectivity index is 1.43. The predicted molar refractivity (Wildman–Crippen MR) is 186 cm³/mol. The van der Waals surface area contributed by atoms with E-state index in [-0.39, 0.29) is 0 Å². The molecule has 2 heteroatoms. The van der Waals surface area contributed by atoms with Gasteiger partial charge in [-0.1, -0.05) is 127 Å². The SMILES string of the molecule is c1ccc(-c2cc(-c3ccccc3)cc(-n3c4ccccc4c4cccc(-n5c6ccccc6c6ccccc65)c43)c2)cc1. The van der Waals surface area contributed by atoms with Crippen molar-refractivity contribution in [2.24, 2.45) is 0 Å². The van der Waals surface area contributed by atoms with E-state index in [1.54, 1.807) is 0 Å². The van der Waals surface area contributed by atoms with Crippen LogP contribution in [-0.4, -0.2) is 9.13 Å². The van der Waals surface area contributed by atoms with Crippen molar-refractivity contribution in [3.8, 4) is 33.6 Å². The molecule has 0 radical (unpaired) electrons. The lowest BCUT2D eigenvalue weighted by atomic mass is 9.98. The molecule has 0 fully saturated rings. The molecule has 44 heavy (non-hydrogen) atoms. The van der Waals surface area contributed by atoms with Gasteiger partial charge in [-0.05, 0) is 64.7 Å². The van der Waals surface area contributed by atoms with Crippen LogP contribution < -0.4 is 0 Å². The quantitative estimate of drug-likeness (QED) is 0.203. The maximum atomic E-state index is 2.47. The molecule has 0 N–H and O–H groups in total. The normalized spacial score (nSPS) is 11.6. The summed E-state index contributed by atoms with van der Waals surface area (Å²) in [4.78, 5) is 0. The molecule has 0 spiro atoms. The van der Waals surface area contributed by atoms with E-state index in [4.69, 9.17) is 0 Å². The average molecular weight is 561 g/mol. The molecule has 0 saturated carbocycles. The van der Waals surface area contributed by atoms with Gasteiger partial charge in [-0.25, -0.2) is 0 Å². The minimum absolute atomic E-state index is 1.14. The molecule has 2 nitrogen and oxygen atoms in total. The molecular weight excluding hydrogens is 532 g/mol. The number of nitrogens with zero attached hydrogens (tertiary/aromatic N) is 2. The minimum Gasteiger partial charge on any atom is -0.307 e. The lowest BCUT2D eigenvalue weighted by molar-refractivity contribution is 1.13. The van der Waals surface area contributed by atoms with Crippen LogP contribution in [0.2, 0.25) is 0 Å². The van der Waals surface area contributed by atoms with Crippen molar-refractivity contribution in [2.75, 3.05) is 0 Å². The highest BCUT2D eigenvalue weighted by atomic mass is 15.1. The Labute approximate surface area is 255 Å². The second-order valence-electron chi connectivity index (χ2n) is 11.4. The molecule has 2 aromatic heterocycles. The topological polar surface area (TPSA) is 9.86 Å². The molecule has 0 bridgehead atoms. The first-order valence-electron chi connectivity index (χ1n) is 15.1. The van der Waals surface area contributed by atoms with Crippen LogP contribution in [0.1, 0.15) is 0 Å². The number of fused-ring (bicyclic) bond motifs is 6. The van der Waals surface area contributed by atoms with Crippen LogP contribution in [0.4, 0.5) is 0 Å². The summed E-state index contributed by atoms with van der Waals surface area (Å²) < 4.78 is 4.92. The maximum Gasteiger partial charge on any atom is 0.0782 e. The Bertz CT molecular complexity index is 2370. The monoisotopic (exact) mass is 560 g/mol. The molecule has 0 aliphatic rings. The van der Waals surface area contributed by atoms with Crippen molar-refractivity contribution in [3.63, 3.8) is 0 Å². The molecule has 7 aromatic carbocycles. The van der Waals surface area contributed by atoms with Crippen LogP contribution in [-0.2, 0) is 0 Å². The largest absolute Gasteiger partial charge is 0.307 e. The Morgan fingerprint density at radius 2 is 0.727 bits per heavy atom. The molecule has 0 aliphatic heterocycles. The van der Waals surface area contributed by atoms with E-state index in [2.05, 4.69) is 179 Å². The van der Waals surface area contributed by atoms with Gasteiger partial charge < -0.3 is 9.13 Å². The van der Waals surface area contributed by atoms with Gasteiger partial charge in [0.2, 0.25) is 0 Å². The smallest absolute Gasteiger partial charge is 0.0782 e. The van der Waals surface area contributed by atoms with E-state index in [9.17, 15) is 0 Å². The first-order chi connectivity index (χ1) is 21.8. The second kappa shape index (κ2) is 9.86. The van der Waals surface area contributed by atoms with Crippen LogP contribution >= 0.6 is 0 Å². The Morgan fingerprint density at radius 3 is 1.27 bits per heavy atom. The van der Waals surface area contributed by atoms with Gasteiger partial charge >= 0.3 is 0 Å². The van der Waals surface area contributed by atoms with Gasteiger partial charge in [-0.15, -0.1) is 0 Å². The van der Waals surface area contributed by atoms with Crippen molar-refractivity contribution in [2.45, 2.75) is 0 Å². The van der Waals surface area contributed by atoms with Gasteiger partial charge in [0, 0.05) is 27.2 Å². The summed E-state index contributed by atoms with van der Waals surface area (Å²) >= 11 is 0. The zero-order chi connectivity index (χ0) is 29.0. The molecule has 9 aromatic rings. The van der Waals surface area contributed by atoms with Gasteiger partial charge in [0.15, 0.2) is 0 Å². The van der Waals surface area contributed by atoms with Crippen molar-refractivity contribution < 1.29 is 0 Å². The van der Waals surface area contributed by atoms with Gasteiger partial charge in [-0.2, -0.15) is 0 Å². The summed E-state index contributed by atoms with van der Waals surface area (Å²) in [6.07, 6.45) is 0. The molecule has 0 unspecified atom stereocenters. The fourth-order valence-electron chi connectivity index (χ4n) is 6.97. The Kier molecular flexibility index (Phi) is 5.54. The highest BCUT2D eigenvalue weighted by molar-refractivity contribution is 6.15. The molecule has 0 amide bonds. The van der Waals surface area contributed by atoms with Crippen molar-refractivity contribution >= 4 is 43.6 Å². The molecule has 9 rings (SSSR count). The van der Waals surface area contributed by atoms with Crippen LogP contribution in [0.5, 0.6) is 0 Å². The summed E-state index contributed by atoms with van der Waals surface area (Å²) in [7, 11) is 0. The number of aromatic nitrogens is 2. The Morgan fingerprint density at radius 1 is 0.295 bits per heavy atom. The second-order valence-corrected chi connectivity index (χ2v) is 11.4. The molecule has 206 valence electrons. The van der Waals surface area contributed by atoms with E-state index in [0.29, 0.717) is 0 Å². The van der Waals surface area contributed by atoms with Gasteiger partial charge in [0.1, 0.15) is 0 Å². The predicted octanol–water partition coefficient (Wildman–Crippen LogP) is 11.2. The molecule has 2 heterocycles. The van der Waals surface area contributed by atoms with Crippen LogP contribution in [0, 0.1) is 0 Å². The summed E-state index contributed by atoms with van der Waals surface area (Å²) in [6.45, 7) is 0. The number of hydrogen-bond donors (Lipinski definition) is 0. The number of rotatable bonds is 4. The van der Waals surface area contributed by atoms with Crippen molar-refractivity contribution in [3.05, 3.63) is 170 Å². The average Bonchev–Trinajstić information content (AvgIpc) is 3.62. The van der Waals surface area contributed by atoms with E-state index in [1.807, 2.05) is 0 Å². The zero-order valence-electron chi connectivity index (χ0n) is 24.1. The van der Waals surface area contributed by atoms with Crippen LogP contribution in [0.25, 0.3) is 77.2 Å². The first-order valence-corrected chi connectivity index (χ1v) is 15.1. The molecular formula is C42H28N2. The number of benzene rings is 7. The number of para-hydroxylation sites is 4. The van der Waals surface area contributed by atoms with Crippen molar-refractivity contribution in [1.29, 1.82) is 0 Å². The summed E-state index contributed by atoms with van der Waals surface area (Å²) in [5.41, 5.74) is 11.9. The maximum absolute atomic E-state index is 2.47. The van der Waals surface area contributed by atoms with Crippen LogP contribution in [0.3, 0.4) is 0 Å². The molecule has 0 saturated heterocycles. The zero-order valence-corrected chi connectivity index (χ0v) is 24.1. The van der Waals surface area contributed by atoms with Crippen LogP contribution in [0.15, 0.2) is 170 Å². The molecule has 0 atom stereocenters. The van der Waals surface area contributed by atoms with E-state index >= 15 is 0 Å². The third kappa shape index (κ3) is 3.75. The lowest BCUT2D eigenvalue weighted by Gasteiger charge is -2.17. The van der Waals surface area contributed by atoms with E-state index < -0.39 is 0 Å². The van der Waals surface area contributed by atoms with Gasteiger partial charge in [-0.3, -0.25) is 0 Å². The lowest BCUT2D eigenvalue weighted by Crippen LogP contribution is -2.01. The van der Waals surface area contributed by atoms with E-state index in [0.717, 1.165) is 5.69 Å². The fourth-order valence-corrected chi connectivity index (χ4v) is 6.97. The van der Waals surface area contributed by atoms with Gasteiger partial charge in [0.25, 0.3) is 0 Å². The Hall–Kier alpha value is -5.86. The third-order valence-corrected chi connectivity index (χ3v) is 8.88. The summed E-state index contributed by atoms with van der Waals surface area (Å²) in [6, 6.07) is 61.5. The molecule has 0 aliphatic carbocycles. The van der Waals surface area contributed by atoms with Crippen molar-refractivity contribution in [1.82, 2.24) is 9.13 Å². The summed E-state index contributed by atoms with van der Waals surface area (Å²) in [5, 5.41) is 5.02. The summed E-state index contributed by atoms with van der Waals surface area (Å²) in [5.74, 6) is 0. The number of hydrogen-bond acceptors (Lipinski definition) is 0. The minimum atomic E-state index is 1.14.